The van der Waals surface area contributed by atoms with Gasteiger partial charge in [-0.15, -0.1) is 0 Å². The molecule has 0 aliphatic rings. The summed E-state index contributed by atoms with van der Waals surface area (Å²) in [6.07, 6.45) is 3.83. The van der Waals surface area contributed by atoms with Gasteiger partial charge in [0.1, 0.15) is 0 Å². The molecular formula is C11H24O3S. The van der Waals surface area contributed by atoms with Crippen LogP contribution in [0.15, 0.2) is 0 Å². The molecule has 0 saturated heterocycles. The average molecular weight is 236 g/mol. The first-order valence-electron chi connectivity index (χ1n) is 5.70. The minimum absolute atomic E-state index is 0.294. The van der Waals surface area contributed by atoms with E-state index in [1.54, 1.807) is 0 Å². The first-order valence-corrected chi connectivity index (χ1v) is 6.06. The molecule has 1 unspecified atom stereocenters. The highest BCUT2D eigenvalue weighted by Gasteiger charge is 2.09. The molecule has 0 fully saturated rings. The minimum atomic E-state index is 0.294. The fourth-order valence-electron chi connectivity index (χ4n) is 1.40. The van der Waals surface area contributed by atoms with E-state index in [0.29, 0.717) is 25.4 Å². The summed E-state index contributed by atoms with van der Waals surface area (Å²) >= 11 is 3.64. The zero-order valence-electron chi connectivity index (χ0n) is 10.1. The van der Waals surface area contributed by atoms with Gasteiger partial charge >= 0.3 is 0 Å². The number of thiol groups is 1. The van der Waals surface area contributed by atoms with Gasteiger partial charge in [-0.2, -0.15) is 0 Å². The number of hydrogen-bond donors (Lipinski definition) is 1. The van der Waals surface area contributed by atoms with Crippen molar-refractivity contribution in [2.75, 3.05) is 19.8 Å². The van der Waals surface area contributed by atoms with Crippen molar-refractivity contribution in [1.82, 2.24) is 0 Å². The zero-order valence-corrected chi connectivity index (χ0v) is 11.0. The van der Waals surface area contributed by atoms with E-state index in [1.807, 2.05) is 0 Å². The highest BCUT2D eigenvalue weighted by molar-refractivity contribution is 7.75. The second-order valence-electron chi connectivity index (χ2n) is 3.83. The summed E-state index contributed by atoms with van der Waals surface area (Å²) in [7, 11) is 0. The molecule has 0 N–H and O–H groups in total. The van der Waals surface area contributed by atoms with E-state index in [4.69, 9.17) is 9.47 Å². The van der Waals surface area contributed by atoms with Crippen LogP contribution in [-0.4, -0.2) is 32.0 Å². The van der Waals surface area contributed by atoms with Crippen molar-refractivity contribution >= 4 is 12.9 Å². The third kappa shape index (κ3) is 10.5. The van der Waals surface area contributed by atoms with Crippen molar-refractivity contribution < 1.29 is 13.7 Å². The molecule has 0 amide bonds. The smallest absolute Gasteiger partial charge is 0.0844 e. The van der Waals surface area contributed by atoms with Gasteiger partial charge in [-0.3, -0.25) is 0 Å². The summed E-state index contributed by atoms with van der Waals surface area (Å²) in [5, 5.41) is 0. The van der Waals surface area contributed by atoms with E-state index in [2.05, 4.69) is 37.9 Å². The Kier molecular flexibility index (Phi) is 10.9. The lowest BCUT2D eigenvalue weighted by Crippen LogP contribution is -2.20. The Morgan fingerprint density at radius 3 is 2.33 bits per heavy atom. The second kappa shape index (κ2) is 10.7. The van der Waals surface area contributed by atoms with Crippen LogP contribution in [0.3, 0.4) is 0 Å². The Hall–Kier alpha value is 0.230. The topological polar surface area (TPSA) is 27.7 Å². The van der Waals surface area contributed by atoms with Crippen LogP contribution in [-0.2, 0) is 13.7 Å². The Morgan fingerprint density at radius 1 is 1.07 bits per heavy atom. The predicted molar refractivity (Wildman–Crippen MR) is 65.3 cm³/mol. The maximum absolute atomic E-state index is 5.77. The molecule has 0 bridgehead atoms. The number of rotatable bonds is 10. The summed E-state index contributed by atoms with van der Waals surface area (Å²) in [6.45, 7) is 8.17. The molecule has 0 spiro atoms. The molecular weight excluding hydrogens is 212 g/mol. The molecule has 0 radical (unpaired) electrons. The molecule has 0 aliphatic carbocycles. The Labute approximate surface area is 99.1 Å². The molecule has 15 heavy (non-hydrogen) atoms. The van der Waals surface area contributed by atoms with Crippen molar-refractivity contribution in [1.29, 1.82) is 0 Å². The van der Waals surface area contributed by atoms with Gasteiger partial charge in [0.25, 0.3) is 0 Å². The molecule has 3 nitrogen and oxygen atoms in total. The Balaban J connectivity index is 3.47. The highest BCUT2D eigenvalue weighted by Crippen LogP contribution is 2.09. The quantitative estimate of drug-likeness (QED) is 0.359. The van der Waals surface area contributed by atoms with Crippen molar-refractivity contribution in [3.05, 3.63) is 0 Å². The summed E-state index contributed by atoms with van der Waals surface area (Å²) < 4.78 is 15.7. The largest absolute Gasteiger partial charge is 0.379 e. The predicted octanol–water partition coefficient (Wildman–Crippen LogP) is 2.85. The molecule has 92 valence electrons. The van der Waals surface area contributed by atoms with E-state index < -0.39 is 0 Å². The lowest BCUT2D eigenvalue weighted by atomic mass is 10.1. The fourth-order valence-corrected chi connectivity index (χ4v) is 1.47. The highest BCUT2D eigenvalue weighted by atomic mass is 32.1. The van der Waals surface area contributed by atoms with Crippen molar-refractivity contribution in [3.63, 3.8) is 0 Å². The zero-order chi connectivity index (χ0) is 11.5. The molecule has 4 heteroatoms. The SMILES string of the molecule is CCCC(CCOCCOS)OC(C)C. The van der Waals surface area contributed by atoms with Crippen molar-refractivity contribution in [2.45, 2.75) is 52.2 Å². The van der Waals surface area contributed by atoms with Gasteiger partial charge < -0.3 is 13.7 Å². The van der Waals surface area contributed by atoms with E-state index in [9.17, 15) is 0 Å². The van der Waals surface area contributed by atoms with Crippen LogP contribution in [0.1, 0.15) is 40.0 Å². The van der Waals surface area contributed by atoms with Crippen LogP contribution in [0.5, 0.6) is 0 Å². The van der Waals surface area contributed by atoms with E-state index in [1.165, 1.54) is 0 Å². The first kappa shape index (κ1) is 15.2. The molecule has 0 saturated carbocycles. The third-order valence-electron chi connectivity index (χ3n) is 1.98. The Bertz CT molecular complexity index is 131. The van der Waals surface area contributed by atoms with E-state index >= 15 is 0 Å². The average Bonchev–Trinajstić information content (AvgIpc) is 2.17. The number of ether oxygens (including phenoxy) is 2. The van der Waals surface area contributed by atoms with Gasteiger partial charge in [0.15, 0.2) is 0 Å². The van der Waals surface area contributed by atoms with Crippen LogP contribution in [0, 0.1) is 0 Å². The van der Waals surface area contributed by atoms with Gasteiger partial charge in [-0.05, 0) is 39.6 Å². The molecule has 0 heterocycles. The molecule has 0 aliphatic heterocycles. The molecule has 0 aromatic rings. The van der Waals surface area contributed by atoms with E-state index in [-0.39, 0.29) is 0 Å². The third-order valence-corrected chi connectivity index (χ3v) is 2.16. The molecule has 1 atom stereocenters. The van der Waals surface area contributed by atoms with Gasteiger partial charge in [-0.1, -0.05) is 13.3 Å². The van der Waals surface area contributed by atoms with Gasteiger partial charge in [0, 0.05) is 6.61 Å². The van der Waals surface area contributed by atoms with Crippen LogP contribution < -0.4 is 0 Å². The standard InChI is InChI=1S/C11H24O3S/c1-4-5-11(14-10(2)3)6-7-12-8-9-13-15/h10-11,15H,4-9H2,1-3H3. The summed E-state index contributed by atoms with van der Waals surface area (Å²) in [5.74, 6) is 0. The van der Waals surface area contributed by atoms with Gasteiger partial charge in [-0.25, -0.2) is 0 Å². The van der Waals surface area contributed by atoms with Crippen LogP contribution >= 0.6 is 12.9 Å². The van der Waals surface area contributed by atoms with Crippen molar-refractivity contribution in [2.24, 2.45) is 0 Å². The van der Waals surface area contributed by atoms with Crippen LogP contribution in [0.2, 0.25) is 0 Å². The fraction of sp³-hybridized carbons (Fsp3) is 1.00. The van der Waals surface area contributed by atoms with Gasteiger partial charge in [0.05, 0.1) is 25.4 Å². The lowest BCUT2D eigenvalue weighted by molar-refractivity contribution is -0.0192. The van der Waals surface area contributed by atoms with Gasteiger partial charge in [0.2, 0.25) is 0 Å². The number of hydrogen-bond acceptors (Lipinski definition) is 4. The molecule has 0 rings (SSSR count). The van der Waals surface area contributed by atoms with E-state index in [0.717, 1.165) is 25.9 Å². The minimum Gasteiger partial charge on any atom is -0.379 e. The van der Waals surface area contributed by atoms with Crippen LogP contribution in [0.25, 0.3) is 0 Å². The first-order chi connectivity index (χ1) is 7.20. The van der Waals surface area contributed by atoms with Crippen molar-refractivity contribution in [3.8, 4) is 0 Å². The normalized spacial score (nSPS) is 13.4. The molecule has 0 aromatic carbocycles. The summed E-state index contributed by atoms with van der Waals surface area (Å²) in [6, 6.07) is 0. The Morgan fingerprint density at radius 2 is 1.80 bits per heavy atom. The van der Waals surface area contributed by atoms with Crippen LogP contribution in [0.4, 0.5) is 0 Å². The monoisotopic (exact) mass is 236 g/mol. The second-order valence-corrected chi connectivity index (χ2v) is 4.09. The maximum atomic E-state index is 5.77. The summed E-state index contributed by atoms with van der Waals surface area (Å²) in [4.78, 5) is 0. The molecule has 0 aromatic heterocycles. The summed E-state index contributed by atoms with van der Waals surface area (Å²) in [5.41, 5.74) is 0. The maximum Gasteiger partial charge on any atom is 0.0844 e. The lowest BCUT2D eigenvalue weighted by Gasteiger charge is -2.19.